The van der Waals surface area contributed by atoms with Gasteiger partial charge in [-0.05, 0) is 106 Å². The van der Waals surface area contributed by atoms with Crippen molar-refractivity contribution in [1.82, 2.24) is 57.7 Å². The smallest absolute Gasteiger partial charge is 0.246 e. The summed E-state index contributed by atoms with van der Waals surface area (Å²) in [6.07, 6.45) is 1.02. The first-order chi connectivity index (χ1) is 43.1. The minimum absolute atomic E-state index is 0.00319. The fourth-order valence-electron chi connectivity index (χ4n) is 11.1. The first-order valence-corrected chi connectivity index (χ1v) is 31.0. The van der Waals surface area contributed by atoms with Crippen molar-refractivity contribution < 1.29 is 57.8 Å². The van der Waals surface area contributed by atoms with Gasteiger partial charge in [-0.25, -0.2) is 0 Å². The highest BCUT2D eigenvalue weighted by molar-refractivity contribution is 6.00. The van der Waals surface area contributed by atoms with Crippen LogP contribution in [0.25, 0.3) is 0 Å². The summed E-state index contributed by atoms with van der Waals surface area (Å²) in [6.45, 7) is 7.01. The van der Waals surface area contributed by atoms with Crippen LogP contribution in [0.15, 0.2) is 89.9 Å². The summed E-state index contributed by atoms with van der Waals surface area (Å²) in [5.41, 5.74) is 18.9. The molecule has 0 aliphatic carbocycles. The van der Waals surface area contributed by atoms with Crippen LogP contribution in [-0.2, 0) is 72.0 Å². The summed E-state index contributed by atoms with van der Waals surface area (Å²) >= 11 is 0. The SMILES string of the molecule is CCCNC(=O)C[C@@H]1NC(=O)[C@@H](CCCN=C(N)N)NC(=O)[C@H](Cc2ccccc2)NC(=O)[C@@H]2CCCN2C(=O)[C@@H](Cc2ccccc2)NC(=O)[C@@H]2CCCN2C(=O)[C@H](CCCN)NC(=O)[C@H](C(C)C)NC(=O)[C@H](Cc2ccc(O)cc2)NC(=O)[C@@H](C)NC1=O. The molecule has 0 radical (unpaired) electrons. The van der Waals surface area contributed by atoms with Crippen LogP contribution in [0.1, 0.15) is 109 Å². The molecule has 488 valence electrons. The molecule has 0 saturated carbocycles. The highest BCUT2D eigenvalue weighted by atomic mass is 16.3. The average molecular weight is 1250 g/mol. The van der Waals surface area contributed by atoms with Gasteiger partial charge >= 0.3 is 0 Å². The van der Waals surface area contributed by atoms with Gasteiger partial charge < -0.3 is 80.0 Å². The number of phenols is 1. The van der Waals surface area contributed by atoms with E-state index < -0.39 is 138 Å². The van der Waals surface area contributed by atoms with Gasteiger partial charge in [-0.1, -0.05) is 93.6 Å². The maximum absolute atomic E-state index is 15.1. The molecule has 3 aliphatic rings. The Bertz CT molecular complexity index is 3000. The maximum Gasteiger partial charge on any atom is 0.246 e. The minimum Gasteiger partial charge on any atom is -0.508 e. The van der Waals surface area contributed by atoms with E-state index in [4.69, 9.17) is 17.2 Å². The first kappa shape index (κ1) is 70.0. The number of hydrogen-bond acceptors (Lipinski definition) is 14. The summed E-state index contributed by atoms with van der Waals surface area (Å²) in [5.74, 6) is -9.44. The quantitative estimate of drug-likeness (QED) is 0.0399. The molecular formula is C63H89N15O12. The van der Waals surface area contributed by atoms with Crippen LogP contribution in [0, 0.1) is 5.92 Å². The van der Waals surface area contributed by atoms with Gasteiger partial charge in [-0.15, -0.1) is 0 Å². The molecule has 3 aromatic rings. The Morgan fingerprint density at radius 1 is 0.567 bits per heavy atom. The zero-order chi connectivity index (χ0) is 65.4. The number of nitrogens with one attached hydrogen (secondary N) is 9. The van der Waals surface area contributed by atoms with Crippen LogP contribution < -0.4 is 65.1 Å². The molecule has 3 fully saturated rings. The van der Waals surface area contributed by atoms with Crippen molar-refractivity contribution in [2.24, 2.45) is 28.1 Å². The number of phenolic OH excluding ortho intramolecular Hbond substituents is 1. The average Bonchev–Trinajstić information content (AvgIpc) is 3.16. The molecular weight excluding hydrogens is 1160 g/mol. The Morgan fingerprint density at radius 3 is 1.57 bits per heavy atom. The second kappa shape index (κ2) is 34.6. The second-order valence-corrected chi connectivity index (χ2v) is 23.4. The molecule has 11 amide bonds. The van der Waals surface area contributed by atoms with E-state index >= 15 is 4.79 Å². The number of benzene rings is 3. The fraction of sp³-hybridized carbons (Fsp3) is 0.524. The van der Waals surface area contributed by atoms with Gasteiger partial charge in [-0.2, -0.15) is 0 Å². The third-order valence-corrected chi connectivity index (χ3v) is 16.0. The van der Waals surface area contributed by atoms with Crippen molar-refractivity contribution in [2.75, 3.05) is 32.7 Å². The highest BCUT2D eigenvalue weighted by Crippen LogP contribution is 2.24. The molecule has 3 saturated heterocycles. The number of carbonyl (C=O) groups excluding carboxylic acids is 11. The molecule has 0 unspecified atom stereocenters. The third-order valence-electron chi connectivity index (χ3n) is 16.0. The van der Waals surface area contributed by atoms with Crippen LogP contribution >= 0.6 is 0 Å². The van der Waals surface area contributed by atoms with E-state index in [1.54, 1.807) is 74.5 Å². The number of aromatic hydroxyl groups is 1. The zero-order valence-electron chi connectivity index (χ0n) is 51.7. The molecule has 90 heavy (non-hydrogen) atoms. The molecule has 0 aromatic heterocycles. The number of rotatable bonds is 18. The number of fused-ring (bicyclic) bond motifs is 2. The largest absolute Gasteiger partial charge is 0.508 e. The van der Waals surface area contributed by atoms with E-state index in [1.165, 1.54) is 41.0 Å². The molecule has 6 rings (SSSR count). The van der Waals surface area contributed by atoms with Crippen LogP contribution in [0.4, 0.5) is 0 Å². The Kier molecular flexibility index (Phi) is 26.9. The van der Waals surface area contributed by atoms with Gasteiger partial charge in [-0.3, -0.25) is 57.7 Å². The Balaban J connectivity index is 1.43. The van der Waals surface area contributed by atoms with Crippen LogP contribution in [-0.4, -0.2) is 179 Å². The molecule has 27 nitrogen and oxygen atoms in total. The van der Waals surface area contributed by atoms with E-state index in [-0.39, 0.29) is 102 Å². The minimum atomic E-state index is -1.68. The summed E-state index contributed by atoms with van der Waals surface area (Å²) in [6, 6.07) is 9.92. The van der Waals surface area contributed by atoms with E-state index in [9.17, 15) is 53.1 Å². The normalized spacial score (nSPS) is 24.8. The lowest BCUT2D eigenvalue weighted by molar-refractivity contribution is -0.145. The third kappa shape index (κ3) is 20.7. The summed E-state index contributed by atoms with van der Waals surface area (Å²) in [7, 11) is 0. The Hall–Kier alpha value is -9.14. The van der Waals surface area contributed by atoms with Crippen LogP contribution in [0.5, 0.6) is 5.75 Å². The lowest BCUT2D eigenvalue weighted by Gasteiger charge is -2.33. The highest BCUT2D eigenvalue weighted by Gasteiger charge is 2.43. The number of carbonyl (C=O) groups is 11. The lowest BCUT2D eigenvalue weighted by atomic mass is 9.99. The lowest BCUT2D eigenvalue weighted by Crippen LogP contribution is -2.62. The maximum atomic E-state index is 15.1. The van der Waals surface area contributed by atoms with Crippen molar-refractivity contribution in [2.45, 2.75) is 172 Å². The van der Waals surface area contributed by atoms with Crippen LogP contribution in [0.2, 0.25) is 0 Å². The van der Waals surface area contributed by atoms with E-state index in [1.807, 2.05) is 6.92 Å². The summed E-state index contributed by atoms with van der Waals surface area (Å²) in [5, 5.41) is 34.6. The molecule has 0 bridgehead atoms. The monoisotopic (exact) mass is 1250 g/mol. The molecule has 27 heteroatoms. The fourth-order valence-corrected chi connectivity index (χ4v) is 11.1. The summed E-state index contributed by atoms with van der Waals surface area (Å²) in [4.78, 5) is 167. The molecule has 3 heterocycles. The number of nitrogens with two attached hydrogens (primary N) is 3. The van der Waals surface area contributed by atoms with Gasteiger partial charge in [0.05, 0.1) is 6.42 Å². The number of amides is 11. The van der Waals surface area contributed by atoms with Crippen molar-refractivity contribution in [3.63, 3.8) is 0 Å². The Morgan fingerprint density at radius 2 is 1.02 bits per heavy atom. The zero-order valence-corrected chi connectivity index (χ0v) is 51.7. The second-order valence-electron chi connectivity index (χ2n) is 23.4. The summed E-state index contributed by atoms with van der Waals surface area (Å²) < 4.78 is 0. The number of aliphatic imine (C=N–C) groups is 1. The number of hydrogen-bond donors (Lipinski definition) is 13. The molecule has 3 aliphatic heterocycles. The standard InChI is InChI=1S/C63H89N15O12/c1-5-29-67-51(80)36-47-55(83)69-38(4)53(81)72-46(34-41-24-26-42(79)27-25-41)57(85)76-52(37(2)3)60(88)71-44(20-12-28-64)61(89)77-31-14-23-50(77)59(87)75-48(35-40-18-10-7-11-19-40)62(90)78-32-15-22-49(78)58(86)74-45(33-39-16-8-6-9-17-39)56(84)70-43(54(82)73-47)21-13-30-68-63(65)66/h6-11,16-19,24-27,37-38,43-50,52,79H,5,12-15,20-23,28-36,64H2,1-4H3,(H,67,80)(H,69,83)(H,70,84)(H,71,88)(H,72,81)(H,73,82)(H,74,86)(H,75,87)(H,76,85)(H4,65,66,68)/t38-,43-,44+,45+,46+,47+,48-,49+,50+,52+/m1/s1. The van der Waals surface area contributed by atoms with Crippen molar-refractivity contribution in [3.05, 3.63) is 102 Å². The molecule has 16 N–H and O–H groups in total. The van der Waals surface area contributed by atoms with Crippen LogP contribution in [0.3, 0.4) is 0 Å². The van der Waals surface area contributed by atoms with Gasteiger partial charge in [0, 0.05) is 45.4 Å². The molecule has 0 spiro atoms. The predicted octanol–water partition coefficient (Wildman–Crippen LogP) is -1.32. The molecule has 10 atom stereocenters. The number of nitrogens with zero attached hydrogens (tertiary/aromatic N) is 3. The topological polar surface area (TPSA) is 413 Å². The van der Waals surface area contributed by atoms with Crippen molar-refractivity contribution in [1.29, 1.82) is 0 Å². The van der Waals surface area contributed by atoms with Gasteiger partial charge in [0.1, 0.15) is 66.2 Å². The molecule has 3 aromatic carbocycles. The van der Waals surface area contributed by atoms with E-state index in [2.05, 4.69) is 52.8 Å². The van der Waals surface area contributed by atoms with Crippen molar-refractivity contribution >= 4 is 70.9 Å². The van der Waals surface area contributed by atoms with E-state index in [0.29, 0.717) is 36.0 Å². The van der Waals surface area contributed by atoms with Gasteiger partial charge in [0.25, 0.3) is 0 Å². The van der Waals surface area contributed by atoms with Gasteiger partial charge in [0.15, 0.2) is 5.96 Å². The van der Waals surface area contributed by atoms with E-state index in [0.717, 1.165) is 0 Å². The van der Waals surface area contributed by atoms with Crippen molar-refractivity contribution in [3.8, 4) is 5.75 Å². The van der Waals surface area contributed by atoms with Gasteiger partial charge in [0.2, 0.25) is 65.0 Å². The predicted molar refractivity (Wildman–Crippen MR) is 334 cm³/mol. The Labute approximate surface area is 524 Å². The number of guanidine groups is 1. The first-order valence-electron chi connectivity index (χ1n) is 31.0.